The van der Waals surface area contributed by atoms with Gasteiger partial charge in [-0.15, -0.1) is 0 Å². The summed E-state index contributed by atoms with van der Waals surface area (Å²) in [5.41, 5.74) is 2.03. The van der Waals surface area contributed by atoms with Crippen LogP contribution in [0.15, 0.2) is 48.5 Å². The summed E-state index contributed by atoms with van der Waals surface area (Å²) in [6.07, 6.45) is 2.81. The summed E-state index contributed by atoms with van der Waals surface area (Å²) in [5, 5.41) is 11.0. The lowest BCUT2D eigenvalue weighted by molar-refractivity contribution is -0.383. The van der Waals surface area contributed by atoms with Crippen LogP contribution in [-0.4, -0.2) is 14.9 Å². The van der Waals surface area contributed by atoms with Crippen LogP contribution in [0.25, 0.3) is 22.3 Å². The second-order valence-electron chi connectivity index (χ2n) is 3.95. The quantitative estimate of drug-likeness (QED) is 0.518. The predicted octanol–water partition coefficient (Wildman–Crippen LogP) is 3.01. The SMILES string of the molecule is O=[N+]([O-])c1cccc2n[c]c(-c3ccccc3)nc12. The average Bonchev–Trinajstić information content (AvgIpc) is 2.47. The van der Waals surface area contributed by atoms with Crippen molar-refractivity contribution in [1.29, 1.82) is 0 Å². The molecule has 19 heavy (non-hydrogen) atoms. The first kappa shape index (κ1) is 11.3. The van der Waals surface area contributed by atoms with E-state index in [1.807, 2.05) is 30.3 Å². The molecule has 91 valence electrons. The van der Waals surface area contributed by atoms with E-state index < -0.39 is 4.92 Å². The molecule has 0 spiro atoms. The number of non-ortho nitro benzene ring substituents is 1. The zero-order valence-electron chi connectivity index (χ0n) is 9.78. The molecule has 0 aliphatic heterocycles. The van der Waals surface area contributed by atoms with Gasteiger partial charge in [-0.25, -0.2) is 9.97 Å². The lowest BCUT2D eigenvalue weighted by Crippen LogP contribution is -1.95. The van der Waals surface area contributed by atoms with Gasteiger partial charge in [-0.05, 0) is 6.07 Å². The number of hydrogen-bond donors (Lipinski definition) is 0. The van der Waals surface area contributed by atoms with E-state index in [4.69, 9.17) is 0 Å². The van der Waals surface area contributed by atoms with Gasteiger partial charge in [0, 0.05) is 11.6 Å². The number of para-hydroxylation sites is 1. The third kappa shape index (κ3) is 2.01. The zero-order valence-corrected chi connectivity index (χ0v) is 9.78. The van der Waals surface area contributed by atoms with Gasteiger partial charge in [0.1, 0.15) is 6.20 Å². The first-order valence-electron chi connectivity index (χ1n) is 5.64. The fourth-order valence-electron chi connectivity index (χ4n) is 1.85. The number of benzene rings is 2. The molecule has 3 aromatic rings. The number of hydrogen-bond acceptors (Lipinski definition) is 4. The fourth-order valence-corrected chi connectivity index (χ4v) is 1.85. The molecule has 0 atom stereocenters. The molecular formula is C14H8N3O2. The van der Waals surface area contributed by atoms with Gasteiger partial charge in [0.25, 0.3) is 5.69 Å². The standard InChI is InChI=1S/C14H8N3O2/c18-17(19)13-8-4-7-11-14(13)16-12(9-15-11)10-5-2-1-3-6-10/h1-8H. The molecule has 0 saturated heterocycles. The van der Waals surface area contributed by atoms with E-state index in [0.717, 1.165) is 5.56 Å². The van der Waals surface area contributed by atoms with Crippen molar-refractivity contribution in [2.45, 2.75) is 0 Å². The molecule has 0 unspecified atom stereocenters. The molecular weight excluding hydrogens is 242 g/mol. The van der Waals surface area contributed by atoms with Crippen molar-refractivity contribution in [3.63, 3.8) is 0 Å². The van der Waals surface area contributed by atoms with Crippen LogP contribution in [0.4, 0.5) is 5.69 Å². The first-order valence-corrected chi connectivity index (χ1v) is 5.64. The van der Waals surface area contributed by atoms with E-state index in [1.54, 1.807) is 12.1 Å². The Morgan fingerprint density at radius 2 is 1.84 bits per heavy atom. The Labute approximate surface area is 108 Å². The monoisotopic (exact) mass is 250 g/mol. The highest BCUT2D eigenvalue weighted by molar-refractivity contribution is 5.85. The van der Waals surface area contributed by atoms with E-state index in [1.165, 1.54) is 6.07 Å². The van der Waals surface area contributed by atoms with Crippen LogP contribution in [0, 0.1) is 16.3 Å². The van der Waals surface area contributed by atoms with Crippen molar-refractivity contribution < 1.29 is 4.92 Å². The van der Waals surface area contributed by atoms with Crippen molar-refractivity contribution in [3.8, 4) is 11.3 Å². The molecule has 0 N–H and O–H groups in total. The third-order valence-corrected chi connectivity index (χ3v) is 2.74. The zero-order chi connectivity index (χ0) is 13.2. The summed E-state index contributed by atoms with van der Waals surface area (Å²) >= 11 is 0. The van der Waals surface area contributed by atoms with E-state index in [-0.39, 0.29) is 11.2 Å². The van der Waals surface area contributed by atoms with E-state index >= 15 is 0 Å². The smallest absolute Gasteiger partial charge is 0.258 e. The Bertz CT molecular complexity index is 757. The van der Waals surface area contributed by atoms with Crippen molar-refractivity contribution in [2.24, 2.45) is 0 Å². The second-order valence-corrected chi connectivity index (χ2v) is 3.95. The Hall–Kier alpha value is -2.82. The Morgan fingerprint density at radius 1 is 1.05 bits per heavy atom. The van der Waals surface area contributed by atoms with E-state index in [9.17, 15) is 10.1 Å². The van der Waals surface area contributed by atoms with Crippen LogP contribution in [0.2, 0.25) is 0 Å². The van der Waals surface area contributed by atoms with Crippen LogP contribution < -0.4 is 0 Å². The van der Waals surface area contributed by atoms with Crippen LogP contribution >= 0.6 is 0 Å². The molecule has 3 rings (SSSR count). The van der Waals surface area contributed by atoms with Crippen LogP contribution in [0.3, 0.4) is 0 Å². The van der Waals surface area contributed by atoms with Crippen LogP contribution in [0.5, 0.6) is 0 Å². The summed E-state index contributed by atoms with van der Waals surface area (Å²) in [5.74, 6) is 0. The van der Waals surface area contributed by atoms with Gasteiger partial charge in [0.2, 0.25) is 0 Å². The van der Waals surface area contributed by atoms with Gasteiger partial charge in [-0.2, -0.15) is 0 Å². The highest BCUT2D eigenvalue weighted by Crippen LogP contribution is 2.24. The van der Waals surface area contributed by atoms with Gasteiger partial charge in [-0.1, -0.05) is 36.4 Å². The number of rotatable bonds is 2. The number of nitrogens with zero attached hydrogens (tertiary/aromatic N) is 3. The molecule has 0 aliphatic carbocycles. The maximum atomic E-state index is 11.0. The summed E-state index contributed by atoms with van der Waals surface area (Å²) in [6.45, 7) is 0. The van der Waals surface area contributed by atoms with Gasteiger partial charge in [0.15, 0.2) is 5.52 Å². The Morgan fingerprint density at radius 3 is 2.58 bits per heavy atom. The van der Waals surface area contributed by atoms with Crippen molar-refractivity contribution in [3.05, 3.63) is 64.8 Å². The number of aromatic nitrogens is 2. The third-order valence-electron chi connectivity index (χ3n) is 2.74. The number of nitro groups is 1. The minimum absolute atomic E-state index is 0.0452. The minimum Gasteiger partial charge on any atom is -0.258 e. The van der Waals surface area contributed by atoms with Gasteiger partial charge in [0.05, 0.1) is 16.1 Å². The number of nitro benzene ring substituents is 1. The molecule has 0 aliphatic rings. The Kier molecular flexibility index (Phi) is 2.64. The molecule has 5 heteroatoms. The molecule has 1 heterocycles. The molecule has 1 aromatic heterocycles. The summed E-state index contributed by atoms with van der Waals surface area (Å²) in [4.78, 5) is 19.0. The van der Waals surface area contributed by atoms with Crippen molar-refractivity contribution in [2.75, 3.05) is 0 Å². The van der Waals surface area contributed by atoms with Gasteiger partial charge in [-0.3, -0.25) is 10.1 Å². The maximum Gasteiger partial charge on any atom is 0.297 e. The highest BCUT2D eigenvalue weighted by Gasteiger charge is 2.14. The topological polar surface area (TPSA) is 68.9 Å². The van der Waals surface area contributed by atoms with Crippen molar-refractivity contribution in [1.82, 2.24) is 9.97 Å². The maximum absolute atomic E-state index is 11.0. The largest absolute Gasteiger partial charge is 0.297 e. The highest BCUT2D eigenvalue weighted by atomic mass is 16.6. The van der Waals surface area contributed by atoms with E-state index in [2.05, 4.69) is 16.2 Å². The summed E-state index contributed by atoms with van der Waals surface area (Å²) in [6, 6.07) is 14.0. The summed E-state index contributed by atoms with van der Waals surface area (Å²) < 4.78 is 0. The molecule has 5 nitrogen and oxygen atoms in total. The molecule has 0 amide bonds. The van der Waals surface area contributed by atoms with Gasteiger partial charge >= 0.3 is 0 Å². The molecule has 2 aromatic carbocycles. The first-order chi connectivity index (χ1) is 9.25. The molecule has 0 saturated carbocycles. The fraction of sp³-hybridized carbons (Fsp3) is 0. The van der Waals surface area contributed by atoms with Crippen LogP contribution in [0.1, 0.15) is 0 Å². The number of fused-ring (bicyclic) bond motifs is 1. The predicted molar refractivity (Wildman–Crippen MR) is 70.5 cm³/mol. The molecule has 0 fully saturated rings. The van der Waals surface area contributed by atoms with Crippen LogP contribution in [-0.2, 0) is 0 Å². The molecule has 0 bridgehead atoms. The molecule has 1 radical (unpaired) electrons. The minimum atomic E-state index is -0.453. The van der Waals surface area contributed by atoms with Crippen molar-refractivity contribution >= 4 is 16.7 Å². The Balaban J connectivity index is 2.25. The lowest BCUT2D eigenvalue weighted by atomic mass is 10.1. The second kappa shape index (κ2) is 4.45. The normalized spacial score (nSPS) is 10.5. The lowest BCUT2D eigenvalue weighted by Gasteiger charge is -2.02. The van der Waals surface area contributed by atoms with Gasteiger partial charge < -0.3 is 0 Å². The van der Waals surface area contributed by atoms with E-state index in [0.29, 0.717) is 11.2 Å². The summed E-state index contributed by atoms with van der Waals surface area (Å²) in [7, 11) is 0. The average molecular weight is 250 g/mol.